The molecule has 0 bridgehead atoms. The normalized spacial score (nSPS) is 13.1. The van der Waals surface area contributed by atoms with Gasteiger partial charge in [0.2, 0.25) is 0 Å². The highest BCUT2D eigenvalue weighted by Crippen LogP contribution is 2.46. The molecule has 1 aromatic carbocycles. The third-order valence-corrected chi connectivity index (χ3v) is 10.8. The Labute approximate surface area is 214 Å². The van der Waals surface area contributed by atoms with Crippen molar-refractivity contribution in [2.24, 2.45) is 5.92 Å². The van der Waals surface area contributed by atoms with E-state index in [0.717, 1.165) is 20.7 Å². The molecule has 0 aliphatic rings. The van der Waals surface area contributed by atoms with E-state index in [1.807, 2.05) is 22.7 Å². The van der Waals surface area contributed by atoms with Gasteiger partial charge in [0.05, 0.1) is 24.9 Å². The van der Waals surface area contributed by atoms with Crippen LogP contribution in [0.2, 0.25) is 0 Å². The standard InChI is InChI=1S/C25H27BrN2S4/c1-3-4-5-6-7-8-9-15(2)10-16-11-19(29-14-16)20-12-17-22-23(28-32-27-22)18-13-21(26)31-25(18)24(17)30-20/h11-15H,3-10H2,1-2H3. The first kappa shape index (κ1) is 22.9. The van der Waals surface area contributed by atoms with Crippen molar-refractivity contribution in [3.63, 3.8) is 0 Å². The first-order chi connectivity index (χ1) is 15.6. The van der Waals surface area contributed by atoms with E-state index in [-0.39, 0.29) is 0 Å². The highest BCUT2D eigenvalue weighted by molar-refractivity contribution is 9.11. The van der Waals surface area contributed by atoms with Crippen LogP contribution in [0.3, 0.4) is 0 Å². The highest BCUT2D eigenvalue weighted by atomic mass is 79.9. The van der Waals surface area contributed by atoms with Crippen LogP contribution in [0.4, 0.5) is 0 Å². The Morgan fingerprint density at radius 2 is 1.59 bits per heavy atom. The smallest absolute Gasteiger partial charge is 0.114 e. The molecule has 1 unspecified atom stereocenters. The van der Waals surface area contributed by atoms with E-state index in [9.17, 15) is 0 Å². The van der Waals surface area contributed by atoms with Gasteiger partial charge in [0, 0.05) is 20.5 Å². The molecule has 0 spiro atoms. The summed E-state index contributed by atoms with van der Waals surface area (Å²) in [6.45, 7) is 4.70. The van der Waals surface area contributed by atoms with Crippen molar-refractivity contribution >= 4 is 92.9 Å². The second-order valence-corrected chi connectivity index (χ2v) is 13.7. The summed E-state index contributed by atoms with van der Waals surface area (Å²) in [5.41, 5.74) is 3.58. The fourth-order valence-electron chi connectivity index (χ4n) is 4.49. The van der Waals surface area contributed by atoms with Crippen LogP contribution in [0.25, 0.3) is 41.0 Å². The van der Waals surface area contributed by atoms with Gasteiger partial charge in [-0.05, 0) is 57.4 Å². The molecule has 0 fully saturated rings. The van der Waals surface area contributed by atoms with E-state index >= 15 is 0 Å². The molecule has 0 saturated heterocycles. The number of benzene rings is 1. The van der Waals surface area contributed by atoms with Crippen LogP contribution >= 0.6 is 61.7 Å². The number of rotatable bonds is 10. The van der Waals surface area contributed by atoms with Gasteiger partial charge in [-0.2, -0.15) is 8.75 Å². The van der Waals surface area contributed by atoms with Crippen LogP contribution in [-0.2, 0) is 6.42 Å². The Bertz CT molecular complexity index is 1340. The van der Waals surface area contributed by atoms with E-state index in [4.69, 9.17) is 0 Å². The Balaban J connectivity index is 1.33. The van der Waals surface area contributed by atoms with E-state index in [1.165, 1.54) is 98.6 Å². The fourth-order valence-corrected chi connectivity index (χ4v) is 9.00. The lowest BCUT2D eigenvalue weighted by molar-refractivity contribution is 0.481. The molecule has 7 heteroatoms. The van der Waals surface area contributed by atoms with Crippen LogP contribution in [-0.4, -0.2) is 8.75 Å². The summed E-state index contributed by atoms with van der Waals surface area (Å²) in [4.78, 5) is 2.74. The number of hydrogen-bond donors (Lipinski definition) is 0. The molecule has 1 atom stereocenters. The monoisotopic (exact) mass is 562 g/mol. The largest absolute Gasteiger partial charge is 0.172 e. The first-order valence-electron chi connectivity index (χ1n) is 11.5. The fraction of sp³-hybridized carbons (Fsp3) is 0.440. The van der Waals surface area contributed by atoms with Gasteiger partial charge in [-0.3, -0.25) is 0 Å². The number of halogens is 1. The minimum absolute atomic E-state index is 0.759. The summed E-state index contributed by atoms with van der Waals surface area (Å²) in [6, 6.07) is 6.95. The molecule has 32 heavy (non-hydrogen) atoms. The molecule has 4 aromatic heterocycles. The lowest BCUT2D eigenvalue weighted by atomic mass is 9.96. The van der Waals surface area contributed by atoms with Gasteiger partial charge < -0.3 is 0 Å². The van der Waals surface area contributed by atoms with Crippen molar-refractivity contribution in [1.82, 2.24) is 8.75 Å². The second-order valence-electron chi connectivity index (χ2n) is 8.79. The number of aromatic nitrogens is 2. The van der Waals surface area contributed by atoms with Crippen LogP contribution in [0.15, 0.2) is 27.4 Å². The Morgan fingerprint density at radius 3 is 2.41 bits per heavy atom. The van der Waals surface area contributed by atoms with Gasteiger partial charge in [0.25, 0.3) is 0 Å². The zero-order valence-corrected chi connectivity index (χ0v) is 23.3. The Morgan fingerprint density at radius 1 is 0.875 bits per heavy atom. The first-order valence-corrected chi connectivity index (χ1v) is 15.5. The summed E-state index contributed by atoms with van der Waals surface area (Å²) >= 11 is 10.6. The van der Waals surface area contributed by atoms with Crippen LogP contribution in [0.5, 0.6) is 0 Å². The molecule has 0 saturated carbocycles. The maximum absolute atomic E-state index is 4.64. The lowest BCUT2D eigenvalue weighted by Crippen LogP contribution is -1.98. The van der Waals surface area contributed by atoms with Gasteiger partial charge >= 0.3 is 0 Å². The number of nitrogens with zero attached hydrogens (tertiary/aromatic N) is 2. The van der Waals surface area contributed by atoms with E-state index < -0.39 is 0 Å². The van der Waals surface area contributed by atoms with Crippen molar-refractivity contribution in [3.05, 3.63) is 32.9 Å². The average Bonchev–Trinajstić information content (AvgIpc) is 3.54. The van der Waals surface area contributed by atoms with Crippen LogP contribution < -0.4 is 0 Å². The van der Waals surface area contributed by atoms with Gasteiger partial charge in [-0.15, -0.1) is 34.0 Å². The number of fused-ring (bicyclic) bond motifs is 6. The predicted octanol–water partition coefficient (Wildman–Crippen LogP) is 10.5. The van der Waals surface area contributed by atoms with Crippen molar-refractivity contribution < 1.29 is 0 Å². The molecule has 0 aliphatic carbocycles. The van der Waals surface area contributed by atoms with Crippen molar-refractivity contribution in [2.45, 2.75) is 65.2 Å². The van der Waals surface area contributed by atoms with Gasteiger partial charge in [-0.25, -0.2) is 0 Å². The molecular weight excluding hydrogens is 536 g/mol. The minimum atomic E-state index is 0.759. The molecule has 5 aromatic rings. The van der Waals surface area contributed by atoms with E-state index in [1.54, 1.807) is 11.3 Å². The third-order valence-electron chi connectivity index (χ3n) is 6.17. The van der Waals surface area contributed by atoms with Crippen molar-refractivity contribution in [3.8, 4) is 9.75 Å². The average molecular weight is 564 g/mol. The van der Waals surface area contributed by atoms with Crippen molar-refractivity contribution in [2.75, 3.05) is 0 Å². The zero-order valence-electron chi connectivity index (χ0n) is 18.4. The van der Waals surface area contributed by atoms with E-state index in [2.05, 4.69) is 62.1 Å². The van der Waals surface area contributed by atoms with Gasteiger partial charge in [0.15, 0.2) is 0 Å². The molecule has 0 amide bonds. The SMILES string of the molecule is CCCCCCCCC(C)Cc1csc(-c2cc3c4nsnc4c4cc(Br)sc4c3s2)c1. The molecule has 4 heterocycles. The molecular formula is C25H27BrN2S4. The summed E-state index contributed by atoms with van der Waals surface area (Å²) in [5, 5.41) is 4.85. The van der Waals surface area contributed by atoms with Crippen LogP contribution in [0, 0.1) is 5.92 Å². The van der Waals surface area contributed by atoms with E-state index in [0.29, 0.717) is 0 Å². The second kappa shape index (κ2) is 10.2. The maximum Gasteiger partial charge on any atom is 0.114 e. The number of unbranched alkanes of at least 4 members (excludes halogenated alkanes) is 5. The topological polar surface area (TPSA) is 25.8 Å². The molecule has 168 valence electrons. The van der Waals surface area contributed by atoms with Gasteiger partial charge in [-0.1, -0.05) is 58.8 Å². The summed E-state index contributed by atoms with van der Waals surface area (Å²) in [6.07, 6.45) is 10.9. The number of thiophene rings is 3. The molecule has 0 aliphatic heterocycles. The molecule has 0 N–H and O–H groups in total. The molecule has 0 radical (unpaired) electrons. The quantitative estimate of drug-likeness (QED) is 0.158. The molecule has 5 rings (SSSR count). The summed E-state index contributed by atoms with van der Waals surface area (Å²) < 4.78 is 13.1. The Hall–Kier alpha value is -0.860. The van der Waals surface area contributed by atoms with Crippen LogP contribution in [0.1, 0.15) is 64.4 Å². The number of hydrogen-bond acceptors (Lipinski definition) is 6. The molecule has 2 nitrogen and oxygen atoms in total. The lowest BCUT2D eigenvalue weighted by Gasteiger charge is -2.09. The predicted molar refractivity (Wildman–Crippen MR) is 150 cm³/mol. The van der Waals surface area contributed by atoms with Gasteiger partial charge in [0.1, 0.15) is 11.0 Å². The summed E-state index contributed by atoms with van der Waals surface area (Å²) in [7, 11) is 0. The third kappa shape index (κ3) is 4.69. The Kier molecular flexibility index (Phi) is 7.29. The zero-order chi connectivity index (χ0) is 22.1. The minimum Gasteiger partial charge on any atom is -0.172 e. The summed E-state index contributed by atoms with van der Waals surface area (Å²) in [5.74, 6) is 0.759. The van der Waals surface area contributed by atoms with Crippen molar-refractivity contribution in [1.29, 1.82) is 0 Å². The highest BCUT2D eigenvalue weighted by Gasteiger charge is 2.18. The maximum atomic E-state index is 4.64.